The standard InChI is InChI=1S/C25H25N3O2/c26-16-24(29)28-18-25(30)27(17-23(28)14-19-8-3-1-4-9-19)22-13-7-12-21(15-22)20-10-5-2-6-11-20/h1-13,15,23H,14,16-18,26H2. The van der Waals surface area contributed by atoms with Gasteiger partial charge in [-0.3, -0.25) is 9.59 Å². The van der Waals surface area contributed by atoms with Crippen LogP contribution in [-0.2, 0) is 16.0 Å². The zero-order valence-electron chi connectivity index (χ0n) is 16.8. The number of hydrogen-bond donors (Lipinski definition) is 1. The van der Waals surface area contributed by atoms with E-state index in [9.17, 15) is 9.59 Å². The van der Waals surface area contributed by atoms with Crippen LogP contribution >= 0.6 is 0 Å². The van der Waals surface area contributed by atoms with Crippen LogP contribution in [0.1, 0.15) is 5.56 Å². The van der Waals surface area contributed by atoms with Gasteiger partial charge in [0.25, 0.3) is 0 Å². The van der Waals surface area contributed by atoms with E-state index in [4.69, 9.17) is 5.73 Å². The number of carbonyl (C=O) groups excluding carboxylic acids is 2. The lowest BCUT2D eigenvalue weighted by molar-refractivity contribution is -0.138. The number of anilines is 1. The predicted octanol–water partition coefficient (Wildman–Crippen LogP) is 3.10. The van der Waals surface area contributed by atoms with E-state index in [1.807, 2.05) is 72.8 Å². The van der Waals surface area contributed by atoms with Gasteiger partial charge in [0.2, 0.25) is 11.8 Å². The van der Waals surface area contributed by atoms with Crippen LogP contribution in [-0.4, -0.2) is 42.4 Å². The first-order valence-corrected chi connectivity index (χ1v) is 10.1. The van der Waals surface area contributed by atoms with Crippen LogP contribution in [0.5, 0.6) is 0 Å². The molecule has 152 valence electrons. The zero-order chi connectivity index (χ0) is 20.9. The molecule has 1 saturated heterocycles. The minimum absolute atomic E-state index is 0.0447. The smallest absolute Gasteiger partial charge is 0.246 e. The summed E-state index contributed by atoms with van der Waals surface area (Å²) >= 11 is 0. The summed E-state index contributed by atoms with van der Waals surface area (Å²) in [5.41, 5.74) is 9.75. The van der Waals surface area contributed by atoms with E-state index in [0.29, 0.717) is 13.0 Å². The Balaban J connectivity index is 1.62. The Morgan fingerprint density at radius 2 is 1.57 bits per heavy atom. The molecule has 2 N–H and O–H groups in total. The third-order valence-electron chi connectivity index (χ3n) is 5.51. The van der Waals surface area contributed by atoms with E-state index in [1.54, 1.807) is 9.80 Å². The number of piperazine rings is 1. The van der Waals surface area contributed by atoms with Gasteiger partial charge in [0.1, 0.15) is 6.54 Å². The molecule has 0 aliphatic carbocycles. The first-order chi connectivity index (χ1) is 14.7. The molecule has 1 heterocycles. The van der Waals surface area contributed by atoms with Gasteiger partial charge in [0.15, 0.2) is 0 Å². The Bertz CT molecular complexity index is 1020. The van der Waals surface area contributed by atoms with Crippen LogP contribution in [0.2, 0.25) is 0 Å². The number of amides is 2. The maximum Gasteiger partial charge on any atom is 0.246 e. The Labute approximate surface area is 176 Å². The van der Waals surface area contributed by atoms with Gasteiger partial charge in [0.05, 0.1) is 12.6 Å². The molecular weight excluding hydrogens is 374 g/mol. The summed E-state index contributed by atoms with van der Waals surface area (Å²) in [6.45, 7) is 0.392. The molecule has 1 fully saturated rings. The molecule has 0 saturated carbocycles. The number of nitrogens with zero attached hydrogens (tertiary/aromatic N) is 2. The van der Waals surface area contributed by atoms with Gasteiger partial charge in [-0.1, -0.05) is 72.8 Å². The van der Waals surface area contributed by atoms with E-state index < -0.39 is 0 Å². The van der Waals surface area contributed by atoms with E-state index in [-0.39, 0.29) is 30.9 Å². The molecule has 0 spiro atoms. The van der Waals surface area contributed by atoms with Crippen LogP contribution in [0, 0.1) is 0 Å². The van der Waals surface area contributed by atoms with Crippen molar-refractivity contribution in [2.75, 3.05) is 24.5 Å². The average molecular weight is 399 g/mol. The lowest BCUT2D eigenvalue weighted by Gasteiger charge is -2.41. The molecule has 0 aromatic heterocycles. The molecule has 1 unspecified atom stereocenters. The Kier molecular flexibility index (Phi) is 5.91. The lowest BCUT2D eigenvalue weighted by atomic mass is 10.00. The van der Waals surface area contributed by atoms with Crippen molar-refractivity contribution in [3.8, 4) is 11.1 Å². The normalized spacial score (nSPS) is 16.6. The van der Waals surface area contributed by atoms with Crippen LogP contribution in [0.25, 0.3) is 11.1 Å². The van der Waals surface area contributed by atoms with Gasteiger partial charge in [-0.15, -0.1) is 0 Å². The second kappa shape index (κ2) is 8.93. The van der Waals surface area contributed by atoms with Crippen molar-refractivity contribution in [1.29, 1.82) is 0 Å². The van der Waals surface area contributed by atoms with Crippen LogP contribution < -0.4 is 10.6 Å². The molecule has 4 rings (SSSR count). The molecule has 5 nitrogen and oxygen atoms in total. The SMILES string of the molecule is NCC(=O)N1CC(=O)N(c2cccc(-c3ccccc3)c2)CC1Cc1ccccc1. The van der Waals surface area contributed by atoms with Gasteiger partial charge >= 0.3 is 0 Å². The van der Waals surface area contributed by atoms with Gasteiger partial charge in [0, 0.05) is 12.2 Å². The summed E-state index contributed by atoms with van der Waals surface area (Å²) in [5, 5.41) is 0. The molecule has 1 aliphatic rings. The van der Waals surface area contributed by atoms with Crippen LogP contribution in [0.3, 0.4) is 0 Å². The van der Waals surface area contributed by atoms with Crippen LogP contribution in [0.4, 0.5) is 5.69 Å². The van der Waals surface area contributed by atoms with Crippen molar-refractivity contribution in [2.45, 2.75) is 12.5 Å². The Morgan fingerprint density at radius 1 is 0.900 bits per heavy atom. The number of nitrogens with two attached hydrogens (primary N) is 1. The van der Waals surface area contributed by atoms with Crippen molar-refractivity contribution in [3.63, 3.8) is 0 Å². The summed E-state index contributed by atoms with van der Waals surface area (Å²) in [4.78, 5) is 28.8. The molecule has 3 aromatic rings. The van der Waals surface area contributed by atoms with E-state index in [1.165, 1.54) is 0 Å². The highest BCUT2D eigenvalue weighted by Gasteiger charge is 2.35. The van der Waals surface area contributed by atoms with E-state index in [2.05, 4.69) is 12.1 Å². The fraction of sp³-hybridized carbons (Fsp3) is 0.200. The van der Waals surface area contributed by atoms with Gasteiger partial charge in [-0.25, -0.2) is 0 Å². The highest BCUT2D eigenvalue weighted by Crippen LogP contribution is 2.27. The largest absolute Gasteiger partial charge is 0.327 e. The van der Waals surface area contributed by atoms with Crippen molar-refractivity contribution in [1.82, 2.24) is 4.90 Å². The predicted molar refractivity (Wildman–Crippen MR) is 119 cm³/mol. The number of benzene rings is 3. The topological polar surface area (TPSA) is 66.6 Å². The molecule has 3 aromatic carbocycles. The maximum absolute atomic E-state index is 13.0. The Hall–Kier alpha value is -3.44. The highest BCUT2D eigenvalue weighted by molar-refractivity contribution is 5.99. The quantitative estimate of drug-likeness (QED) is 0.717. The summed E-state index contributed by atoms with van der Waals surface area (Å²) in [6, 6.07) is 28.0. The summed E-state index contributed by atoms with van der Waals surface area (Å²) < 4.78 is 0. The summed E-state index contributed by atoms with van der Waals surface area (Å²) in [5.74, 6) is -0.284. The molecule has 5 heteroatoms. The van der Waals surface area contributed by atoms with Crippen molar-refractivity contribution >= 4 is 17.5 Å². The Morgan fingerprint density at radius 3 is 2.27 bits per heavy atom. The zero-order valence-corrected chi connectivity index (χ0v) is 16.8. The molecule has 1 aliphatic heterocycles. The summed E-state index contributed by atoms with van der Waals surface area (Å²) in [7, 11) is 0. The monoisotopic (exact) mass is 399 g/mol. The van der Waals surface area contributed by atoms with Crippen LogP contribution in [0.15, 0.2) is 84.9 Å². The average Bonchev–Trinajstić information content (AvgIpc) is 2.81. The molecule has 0 bridgehead atoms. The number of rotatable bonds is 5. The van der Waals surface area contributed by atoms with Gasteiger partial charge in [-0.2, -0.15) is 0 Å². The van der Waals surface area contributed by atoms with Crippen molar-refractivity contribution in [2.24, 2.45) is 5.73 Å². The lowest BCUT2D eigenvalue weighted by Crippen LogP contribution is -2.60. The molecule has 2 amide bonds. The van der Waals surface area contributed by atoms with Crippen molar-refractivity contribution < 1.29 is 9.59 Å². The number of carbonyl (C=O) groups is 2. The highest BCUT2D eigenvalue weighted by atomic mass is 16.2. The minimum Gasteiger partial charge on any atom is -0.327 e. The fourth-order valence-electron chi connectivity index (χ4n) is 3.97. The minimum atomic E-state index is -0.193. The number of hydrogen-bond acceptors (Lipinski definition) is 3. The van der Waals surface area contributed by atoms with Gasteiger partial charge in [-0.05, 0) is 35.2 Å². The second-order valence-electron chi connectivity index (χ2n) is 7.49. The van der Waals surface area contributed by atoms with E-state index >= 15 is 0 Å². The van der Waals surface area contributed by atoms with E-state index in [0.717, 1.165) is 22.4 Å². The third kappa shape index (κ3) is 4.26. The molecule has 30 heavy (non-hydrogen) atoms. The first kappa shape index (κ1) is 19.9. The second-order valence-corrected chi connectivity index (χ2v) is 7.49. The summed E-state index contributed by atoms with van der Waals surface area (Å²) in [6.07, 6.45) is 0.675. The fourth-order valence-corrected chi connectivity index (χ4v) is 3.97. The maximum atomic E-state index is 13.0. The first-order valence-electron chi connectivity index (χ1n) is 10.1. The third-order valence-corrected chi connectivity index (χ3v) is 5.51. The van der Waals surface area contributed by atoms with Crippen molar-refractivity contribution in [3.05, 3.63) is 90.5 Å². The molecule has 0 radical (unpaired) electrons. The molecule has 1 atom stereocenters. The van der Waals surface area contributed by atoms with Gasteiger partial charge < -0.3 is 15.5 Å². The molecular formula is C25H25N3O2.